The van der Waals surface area contributed by atoms with Gasteiger partial charge in [-0.15, -0.1) is 0 Å². The maximum Gasteiger partial charge on any atom is 0.229 e. The Hall–Kier alpha value is -2.21. The van der Waals surface area contributed by atoms with Crippen LogP contribution in [0, 0.1) is 5.92 Å². The van der Waals surface area contributed by atoms with Crippen molar-refractivity contribution >= 4 is 28.9 Å². The van der Waals surface area contributed by atoms with Crippen LogP contribution in [0.4, 0.5) is 5.82 Å². The minimum absolute atomic E-state index is 0.0000964. The van der Waals surface area contributed by atoms with Crippen molar-refractivity contribution in [3.63, 3.8) is 0 Å². The van der Waals surface area contributed by atoms with Gasteiger partial charge < -0.3 is 11.1 Å². The average Bonchev–Trinajstić information content (AvgIpc) is 3.12. The van der Waals surface area contributed by atoms with E-state index in [-0.39, 0.29) is 16.8 Å². The molecule has 2 unspecified atom stereocenters. The molecule has 5 nitrogen and oxygen atoms in total. The molecule has 3 rings (SSSR count). The first-order valence-corrected chi connectivity index (χ1v) is 6.76. The monoisotopic (exact) mass is 286 g/mol. The molecule has 1 saturated carbocycles. The highest BCUT2D eigenvalue weighted by Gasteiger charge is 2.44. The number of thiocarbonyl (C=S) groups is 1. The lowest BCUT2D eigenvalue weighted by atomic mass is 10.1. The Balaban J connectivity index is 1.67. The highest BCUT2D eigenvalue weighted by molar-refractivity contribution is 7.80. The van der Waals surface area contributed by atoms with Crippen LogP contribution >= 0.6 is 12.2 Å². The molecule has 20 heavy (non-hydrogen) atoms. The van der Waals surface area contributed by atoms with Crippen molar-refractivity contribution in [3.05, 3.63) is 47.7 Å². The summed E-state index contributed by atoms with van der Waals surface area (Å²) in [4.78, 5) is 12.4. The smallest absolute Gasteiger partial charge is 0.229 e. The van der Waals surface area contributed by atoms with Gasteiger partial charge in [0.15, 0.2) is 0 Å². The van der Waals surface area contributed by atoms with E-state index in [1.54, 1.807) is 0 Å². The van der Waals surface area contributed by atoms with Crippen LogP contribution in [0.2, 0.25) is 0 Å². The predicted octanol–water partition coefficient (Wildman–Crippen LogP) is 1.79. The highest BCUT2D eigenvalue weighted by Crippen LogP contribution is 2.47. The Bertz CT molecular complexity index is 652. The van der Waals surface area contributed by atoms with E-state index in [0.29, 0.717) is 17.3 Å². The third-order valence-electron chi connectivity index (χ3n) is 3.51. The first kappa shape index (κ1) is 12.8. The number of H-pyrrole nitrogens is 1. The van der Waals surface area contributed by atoms with Crippen molar-refractivity contribution < 1.29 is 4.79 Å². The van der Waals surface area contributed by atoms with Gasteiger partial charge in [-0.05, 0) is 17.9 Å². The largest absolute Gasteiger partial charge is 0.389 e. The van der Waals surface area contributed by atoms with E-state index in [1.165, 1.54) is 11.8 Å². The summed E-state index contributed by atoms with van der Waals surface area (Å²) in [5.74, 6) is 0.745. The van der Waals surface area contributed by atoms with Gasteiger partial charge >= 0.3 is 0 Å². The number of aromatic amines is 1. The molecule has 0 spiro atoms. The summed E-state index contributed by atoms with van der Waals surface area (Å²) >= 11 is 4.90. The number of carbonyl (C=O) groups excluding carboxylic acids is 1. The summed E-state index contributed by atoms with van der Waals surface area (Å²) in [6.45, 7) is 0. The molecule has 1 aliphatic carbocycles. The first-order chi connectivity index (χ1) is 9.66. The molecular weight excluding hydrogens is 272 g/mol. The second-order valence-electron chi connectivity index (χ2n) is 4.87. The Morgan fingerprint density at radius 3 is 2.85 bits per heavy atom. The van der Waals surface area contributed by atoms with Gasteiger partial charge in [0.05, 0.1) is 11.8 Å². The fourth-order valence-corrected chi connectivity index (χ4v) is 2.49. The fraction of sp³-hybridized carbons (Fsp3) is 0.214. The lowest BCUT2D eigenvalue weighted by Gasteiger charge is -2.04. The van der Waals surface area contributed by atoms with Crippen LogP contribution in [0.15, 0.2) is 36.5 Å². The zero-order valence-electron chi connectivity index (χ0n) is 10.7. The van der Waals surface area contributed by atoms with Crippen LogP contribution in [-0.2, 0) is 4.79 Å². The number of rotatable bonds is 4. The van der Waals surface area contributed by atoms with E-state index in [4.69, 9.17) is 18.0 Å². The van der Waals surface area contributed by atoms with Gasteiger partial charge in [-0.1, -0.05) is 42.5 Å². The molecule has 0 radical (unpaired) electrons. The maximum atomic E-state index is 12.2. The van der Waals surface area contributed by atoms with Crippen molar-refractivity contribution in [1.82, 2.24) is 10.2 Å². The third-order valence-corrected chi connectivity index (χ3v) is 3.73. The summed E-state index contributed by atoms with van der Waals surface area (Å²) < 4.78 is 0. The average molecular weight is 286 g/mol. The second-order valence-corrected chi connectivity index (χ2v) is 5.31. The minimum Gasteiger partial charge on any atom is -0.389 e. The number of nitrogens with zero attached hydrogens (tertiary/aromatic N) is 1. The normalized spacial score (nSPS) is 20.4. The molecule has 1 fully saturated rings. The van der Waals surface area contributed by atoms with Gasteiger partial charge in [0.25, 0.3) is 0 Å². The number of anilines is 1. The van der Waals surface area contributed by atoms with Crippen molar-refractivity contribution in [2.45, 2.75) is 12.3 Å². The zero-order chi connectivity index (χ0) is 14.1. The fourth-order valence-electron chi connectivity index (χ4n) is 2.34. The van der Waals surface area contributed by atoms with Crippen molar-refractivity contribution in [2.24, 2.45) is 11.7 Å². The molecule has 6 heteroatoms. The predicted molar refractivity (Wildman–Crippen MR) is 80.4 cm³/mol. The molecule has 1 aromatic carbocycles. The van der Waals surface area contributed by atoms with Gasteiger partial charge in [-0.3, -0.25) is 9.89 Å². The van der Waals surface area contributed by atoms with Gasteiger partial charge in [0, 0.05) is 5.92 Å². The van der Waals surface area contributed by atoms with Gasteiger partial charge in [0.1, 0.15) is 10.8 Å². The molecule has 1 heterocycles. The Morgan fingerprint density at radius 2 is 2.15 bits per heavy atom. The van der Waals surface area contributed by atoms with Crippen LogP contribution in [0.1, 0.15) is 23.5 Å². The molecule has 1 amide bonds. The summed E-state index contributed by atoms with van der Waals surface area (Å²) in [5.41, 5.74) is 7.33. The molecule has 0 saturated heterocycles. The van der Waals surface area contributed by atoms with Crippen molar-refractivity contribution in [2.75, 3.05) is 5.32 Å². The van der Waals surface area contributed by atoms with Crippen LogP contribution in [0.5, 0.6) is 0 Å². The number of hydrogen-bond donors (Lipinski definition) is 3. The quantitative estimate of drug-likeness (QED) is 0.748. The number of benzene rings is 1. The standard InChI is InChI=1S/C14H14N4OS/c15-12(20)11-7-16-18-13(11)17-14(19)10-6-9(10)8-4-2-1-3-5-8/h1-5,7,9-10H,6H2,(H2,15,20)(H2,16,17,18,19). The Kier molecular flexibility index (Phi) is 3.23. The lowest BCUT2D eigenvalue weighted by Crippen LogP contribution is -2.18. The van der Waals surface area contributed by atoms with Crippen LogP contribution in [0.3, 0.4) is 0 Å². The van der Waals surface area contributed by atoms with Gasteiger partial charge in [0.2, 0.25) is 5.91 Å². The van der Waals surface area contributed by atoms with E-state index in [0.717, 1.165) is 6.42 Å². The molecule has 1 aromatic heterocycles. The zero-order valence-corrected chi connectivity index (χ0v) is 11.5. The summed E-state index contributed by atoms with van der Waals surface area (Å²) in [7, 11) is 0. The maximum absolute atomic E-state index is 12.2. The topological polar surface area (TPSA) is 83.8 Å². The molecule has 2 atom stereocenters. The number of carbonyl (C=O) groups is 1. The molecular formula is C14H14N4OS. The van der Waals surface area contributed by atoms with Crippen LogP contribution in [0.25, 0.3) is 0 Å². The Labute approximate surface area is 121 Å². The van der Waals surface area contributed by atoms with Gasteiger partial charge in [-0.25, -0.2) is 0 Å². The number of hydrogen-bond acceptors (Lipinski definition) is 3. The molecule has 1 aliphatic rings. The van der Waals surface area contributed by atoms with E-state index < -0.39 is 0 Å². The summed E-state index contributed by atoms with van der Waals surface area (Å²) in [6, 6.07) is 10.0. The first-order valence-electron chi connectivity index (χ1n) is 6.36. The molecule has 0 bridgehead atoms. The molecule has 102 valence electrons. The van der Waals surface area contributed by atoms with E-state index in [9.17, 15) is 4.79 Å². The van der Waals surface area contributed by atoms with Crippen LogP contribution in [-0.4, -0.2) is 21.1 Å². The molecule has 4 N–H and O–H groups in total. The lowest BCUT2D eigenvalue weighted by molar-refractivity contribution is -0.117. The van der Waals surface area contributed by atoms with E-state index >= 15 is 0 Å². The second kappa shape index (κ2) is 5.05. The highest BCUT2D eigenvalue weighted by atomic mass is 32.1. The molecule has 2 aromatic rings. The SMILES string of the molecule is NC(=S)c1cn[nH]c1NC(=O)C1CC1c1ccccc1. The van der Waals surface area contributed by atoms with E-state index in [1.807, 2.05) is 18.2 Å². The number of nitrogens with one attached hydrogen (secondary N) is 2. The number of nitrogens with two attached hydrogens (primary N) is 1. The number of amides is 1. The number of aromatic nitrogens is 2. The summed E-state index contributed by atoms with van der Waals surface area (Å²) in [6.07, 6.45) is 2.38. The third kappa shape index (κ3) is 2.42. The summed E-state index contributed by atoms with van der Waals surface area (Å²) in [5, 5.41) is 9.36. The Morgan fingerprint density at radius 1 is 1.40 bits per heavy atom. The minimum atomic E-state index is -0.0272. The van der Waals surface area contributed by atoms with Crippen LogP contribution < -0.4 is 11.1 Å². The van der Waals surface area contributed by atoms with Gasteiger partial charge in [-0.2, -0.15) is 5.10 Å². The van der Waals surface area contributed by atoms with Crippen molar-refractivity contribution in [3.8, 4) is 0 Å². The van der Waals surface area contributed by atoms with E-state index in [2.05, 4.69) is 27.6 Å². The van der Waals surface area contributed by atoms with Crippen molar-refractivity contribution in [1.29, 1.82) is 0 Å². The molecule has 0 aliphatic heterocycles.